The van der Waals surface area contributed by atoms with Gasteiger partial charge in [0.1, 0.15) is 17.2 Å². The van der Waals surface area contributed by atoms with Crippen LogP contribution in [0.15, 0.2) is 461 Å². The lowest BCUT2D eigenvalue weighted by molar-refractivity contribution is 0.475. The summed E-state index contributed by atoms with van der Waals surface area (Å²) in [5.41, 5.74) is 37.6. The van der Waals surface area contributed by atoms with Crippen molar-refractivity contribution in [2.45, 2.75) is 6.92 Å². The van der Waals surface area contributed by atoms with E-state index < -0.39 is 0 Å². The van der Waals surface area contributed by atoms with Gasteiger partial charge in [0.2, 0.25) is 0 Å². The monoisotopic (exact) mass is 1520 g/mol. The molecule has 0 saturated heterocycles. The molecule has 0 amide bonds. The average molecular weight is 1520 g/mol. The molecule has 0 aliphatic carbocycles. The quantitative estimate of drug-likeness (QED) is 0.0868. The molecule has 1 N–H and O–H groups in total. The molecule has 19 aromatic carbocycles. The van der Waals surface area contributed by atoms with E-state index in [1.54, 1.807) is 12.1 Å². The van der Waals surface area contributed by atoms with Gasteiger partial charge in [0.25, 0.3) is 0 Å². The first kappa shape index (κ1) is 73.5. The molecule has 0 saturated carbocycles. The number of phenolic OH excluding ortho intramolecular Hbond substituents is 1. The van der Waals surface area contributed by atoms with Crippen LogP contribution in [-0.2, 0) is 0 Å². The molecular formula is C117H80O2. The van der Waals surface area contributed by atoms with E-state index in [2.05, 4.69) is 456 Å². The molecule has 560 valence electrons. The third-order valence-electron chi connectivity index (χ3n) is 22.6. The molecule has 119 heavy (non-hydrogen) atoms. The van der Waals surface area contributed by atoms with E-state index in [0.29, 0.717) is 11.5 Å². The van der Waals surface area contributed by atoms with Crippen LogP contribution >= 0.6 is 0 Å². The summed E-state index contributed by atoms with van der Waals surface area (Å²) in [6, 6.07) is 165. The third kappa shape index (κ3) is 14.9. The van der Waals surface area contributed by atoms with Gasteiger partial charge in [-0.15, -0.1) is 0 Å². The molecule has 0 spiro atoms. The van der Waals surface area contributed by atoms with Gasteiger partial charge in [0.15, 0.2) is 0 Å². The van der Waals surface area contributed by atoms with Crippen LogP contribution in [0.2, 0.25) is 0 Å². The van der Waals surface area contributed by atoms with Crippen LogP contribution in [0.3, 0.4) is 0 Å². The largest absolute Gasteiger partial charge is 0.508 e. The van der Waals surface area contributed by atoms with Gasteiger partial charge < -0.3 is 9.84 Å². The Kier molecular flexibility index (Phi) is 20.6. The fraction of sp³-hybridized carbons (Fsp3) is 0.00855. The van der Waals surface area contributed by atoms with Crippen molar-refractivity contribution in [1.82, 2.24) is 0 Å². The lowest BCUT2D eigenvalue weighted by atomic mass is 9.73. The van der Waals surface area contributed by atoms with Gasteiger partial charge in [-0.05, 0) is 263 Å². The van der Waals surface area contributed by atoms with Crippen molar-refractivity contribution in [2.75, 3.05) is 0 Å². The summed E-state index contributed by atoms with van der Waals surface area (Å²) in [7, 11) is 0. The van der Waals surface area contributed by atoms with Crippen molar-refractivity contribution in [3.05, 3.63) is 478 Å². The molecule has 0 radical (unpaired) electrons. The van der Waals surface area contributed by atoms with Crippen molar-refractivity contribution < 1.29 is 9.84 Å². The highest BCUT2D eigenvalue weighted by molar-refractivity contribution is 6.17. The molecule has 0 bridgehead atoms. The molecule has 2 heteroatoms. The lowest BCUT2D eigenvalue weighted by Gasteiger charge is -2.30. The first-order valence-electron chi connectivity index (χ1n) is 40.6. The highest BCUT2D eigenvalue weighted by Crippen LogP contribution is 2.59. The molecular weight excluding hydrogens is 1440 g/mol. The minimum atomic E-state index is 0.219. The van der Waals surface area contributed by atoms with Crippen LogP contribution in [0.25, 0.3) is 178 Å². The van der Waals surface area contributed by atoms with E-state index in [9.17, 15) is 5.11 Å². The Balaban J connectivity index is 0.856. The van der Waals surface area contributed by atoms with Gasteiger partial charge in [-0.1, -0.05) is 400 Å². The standard InChI is InChI=1S/C117H80O2/c1-80-104(85-42-18-4-19-43-85)108(88-48-24-7-25-49-88)116(109(89-50-26-8-27-51-89)105(80)86-44-20-5-21-45-86)97-76-82(63-62-81-38-14-2-15-39-81)77-98(78-97)117-113(93-58-34-12-35-59-93)111(91-54-30-10-31-55-91)115(112(92-56-32-11-33-57-92)114(117)94-60-36-13-37-61-94)96-68-74-101(75-69-96)119-100-72-66-95(67-73-100)107-102(83-40-16-3-17-41-83)79-103(84-64-70-99(118)71-65-84)106(87-46-22-6-23-47-87)110(107)90-52-28-9-29-53-90/h2-61,64-79,118H,1H3. The zero-order chi connectivity index (χ0) is 79.8. The molecule has 0 unspecified atom stereocenters. The number of benzene rings is 19. The van der Waals surface area contributed by atoms with Gasteiger partial charge in [0, 0.05) is 11.1 Å². The highest BCUT2D eigenvalue weighted by atomic mass is 16.5. The van der Waals surface area contributed by atoms with Gasteiger partial charge in [-0.25, -0.2) is 0 Å². The predicted molar refractivity (Wildman–Crippen MR) is 499 cm³/mol. The normalized spacial score (nSPS) is 11.0. The molecule has 0 aromatic heterocycles. The number of ether oxygens (including phenoxy) is 1. The molecule has 19 rings (SSSR count). The Morgan fingerprint density at radius 2 is 0.370 bits per heavy atom. The Morgan fingerprint density at radius 3 is 0.672 bits per heavy atom. The van der Waals surface area contributed by atoms with Crippen molar-refractivity contribution >= 4 is 0 Å². The number of rotatable bonds is 18. The first-order chi connectivity index (χ1) is 58.9. The van der Waals surface area contributed by atoms with Crippen LogP contribution in [0.1, 0.15) is 16.7 Å². The van der Waals surface area contributed by atoms with Crippen LogP contribution in [-0.4, -0.2) is 5.11 Å². The summed E-state index contributed by atoms with van der Waals surface area (Å²) in [6.07, 6.45) is 0. The summed E-state index contributed by atoms with van der Waals surface area (Å²) in [5, 5.41) is 10.6. The van der Waals surface area contributed by atoms with Gasteiger partial charge in [0.05, 0.1) is 0 Å². The Labute approximate surface area is 696 Å². The Bertz CT molecular complexity index is 6650. The first-order valence-corrected chi connectivity index (χ1v) is 40.6. The lowest BCUT2D eigenvalue weighted by Crippen LogP contribution is -2.03. The Morgan fingerprint density at radius 1 is 0.168 bits per heavy atom. The number of aromatic hydroxyl groups is 1. The molecule has 0 atom stereocenters. The number of phenols is 1. The van der Waals surface area contributed by atoms with E-state index in [1.807, 2.05) is 12.1 Å². The molecule has 0 fully saturated rings. The van der Waals surface area contributed by atoms with Crippen molar-refractivity contribution in [3.8, 4) is 207 Å². The fourth-order valence-electron chi connectivity index (χ4n) is 17.4. The maximum absolute atomic E-state index is 10.6. The second-order valence-electron chi connectivity index (χ2n) is 30.0. The van der Waals surface area contributed by atoms with E-state index in [4.69, 9.17) is 4.74 Å². The second-order valence-corrected chi connectivity index (χ2v) is 30.0. The molecule has 0 aliphatic rings. The number of hydrogen-bond donors (Lipinski definition) is 1. The van der Waals surface area contributed by atoms with E-state index in [-0.39, 0.29) is 5.75 Å². The smallest absolute Gasteiger partial charge is 0.127 e. The van der Waals surface area contributed by atoms with Gasteiger partial charge >= 0.3 is 0 Å². The summed E-state index contributed by atoms with van der Waals surface area (Å²) in [6.45, 7) is 2.32. The van der Waals surface area contributed by atoms with Crippen LogP contribution in [0.5, 0.6) is 17.2 Å². The third-order valence-corrected chi connectivity index (χ3v) is 22.6. The second kappa shape index (κ2) is 33.4. The summed E-state index contributed by atoms with van der Waals surface area (Å²) in [4.78, 5) is 0. The molecule has 2 nitrogen and oxygen atoms in total. The zero-order valence-corrected chi connectivity index (χ0v) is 65.7. The molecule has 0 aliphatic heterocycles. The van der Waals surface area contributed by atoms with Crippen LogP contribution in [0, 0.1) is 18.8 Å². The Hall–Kier alpha value is -15.7. The minimum Gasteiger partial charge on any atom is -0.508 e. The summed E-state index contributed by atoms with van der Waals surface area (Å²) in [5.74, 6) is 9.15. The van der Waals surface area contributed by atoms with Crippen molar-refractivity contribution in [2.24, 2.45) is 0 Å². The SMILES string of the molecule is Cc1c(-c2ccccc2)c(-c2ccccc2)c(-c2cc(C#Cc3ccccc3)cc(-c3c(-c4ccccc4)c(-c4ccccc4)c(-c4ccc(Oc5ccc(-c6c(-c7ccccc7)cc(-c7ccc(O)cc7)c(-c7ccccc7)c6-c6ccccc6)cc5)cc4)c(-c4ccccc4)c3-c3ccccc3)c2)c(-c2ccccc2)c1-c1ccccc1. The predicted octanol–water partition coefficient (Wildman–Crippen LogP) is 31.6. The topological polar surface area (TPSA) is 29.5 Å². The number of hydrogen-bond acceptors (Lipinski definition) is 2. The van der Waals surface area contributed by atoms with Gasteiger partial charge in [-0.3, -0.25) is 0 Å². The minimum absolute atomic E-state index is 0.219. The van der Waals surface area contributed by atoms with Crippen LogP contribution < -0.4 is 4.74 Å². The summed E-state index contributed by atoms with van der Waals surface area (Å²) < 4.78 is 7.08. The fourth-order valence-corrected chi connectivity index (χ4v) is 17.4. The van der Waals surface area contributed by atoms with Crippen molar-refractivity contribution in [3.63, 3.8) is 0 Å². The highest BCUT2D eigenvalue weighted by Gasteiger charge is 2.33. The molecule has 0 heterocycles. The summed E-state index contributed by atoms with van der Waals surface area (Å²) >= 11 is 0. The average Bonchev–Trinajstić information content (AvgIpc) is 0.707. The van der Waals surface area contributed by atoms with Crippen LogP contribution in [0.4, 0.5) is 0 Å². The van der Waals surface area contributed by atoms with E-state index >= 15 is 0 Å². The molecule has 19 aromatic rings. The van der Waals surface area contributed by atoms with Gasteiger partial charge in [-0.2, -0.15) is 0 Å². The maximum Gasteiger partial charge on any atom is 0.127 e. The van der Waals surface area contributed by atoms with E-state index in [1.165, 1.54) is 5.56 Å². The maximum atomic E-state index is 10.6. The zero-order valence-electron chi connectivity index (χ0n) is 65.7. The van der Waals surface area contributed by atoms with E-state index in [0.717, 1.165) is 189 Å². The van der Waals surface area contributed by atoms with Crippen molar-refractivity contribution in [1.29, 1.82) is 0 Å².